The van der Waals surface area contributed by atoms with Crippen LogP contribution in [-0.2, 0) is 0 Å². The van der Waals surface area contributed by atoms with Gasteiger partial charge in [-0.2, -0.15) is 0 Å². The van der Waals surface area contributed by atoms with E-state index in [1.165, 1.54) is 30.2 Å². The normalized spacial score (nSPS) is 16.0. The molecule has 5 nitrogen and oxygen atoms in total. The number of anilines is 1. The molecule has 1 saturated heterocycles. The topological polar surface area (TPSA) is 70.0 Å². The molecule has 122 valence electrons. The van der Waals surface area contributed by atoms with Gasteiger partial charge in [0.05, 0.1) is 17.7 Å². The number of nitrogens with zero attached hydrogens (tertiary/aromatic N) is 1. The lowest BCUT2D eigenvalue weighted by atomic mass is 10.2. The molecule has 1 fully saturated rings. The quantitative estimate of drug-likeness (QED) is 0.634. The molecule has 0 saturated carbocycles. The highest BCUT2D eigenvalue weighted by atomic mass is 32.2. The van der Waals surface area contributed by atoms with E-state index < -0.39 is 0 Å². The van der Waals surface area contributed by atoms with Crippen molar-refractivity contribution < 1.29 is 19.7 Å². The number of ether oxygens (including phenoxy) is 1. The monoisotopic (exact) mass is 359 g/mol. The summed E-state index contributed by atoms with van der Waals surface area (Å²) in [7, 11) is 1.47. The summed E-state index contributed by atoms with van der Waals surface area (Å²) in [4.78, 5) is 14.6. The summed E-state index contributed by atoms with van der Waals surface area (Å²) < 4.78 is 5.08. The molecular weight excluding hydrogens is 346 g/mol. The third-order valence-corrected chi connectivity index (χ3v) is 4.80. The Bertz CT molecular complexity index is 863. The van der Waals surface area contributed by atoms with Gasteiger partial charge in [0, 0.05) is 6.07 Å². The summed E-state index contributed by atoms with van der Waals surface area (Å²) in [5, 5.41) is 19.0. The van der Waals surface area contributed by atoms with Crippen LogP contribution in [0, 0.1) is 0 Å². The van der Waals surface area contributed by atoms with Crippen LogP contribution in [0.3, 0.4) is 0 Å². The molecule has 2 aromatic carbocycles. The first-order chi connectivity index (χ1) is 11.5. The number of phenols is 2. The predicted molar refractivity (Wildman–Crippen MR) is 98.8 cm³/mol. The van der Waals surface area contributed by atoms with Crippen molar-refractivity contribution in [2.45, 2.75) is 0 Å². The molecule has 24 heavy (non-hydrogen) atoms. The van der Waals surface area contributed by atoms with Crippen LogP contribution in [0.2, 0.25) is 0 Å². The van der Waals surface area contributed by atoms with Crippen molar-refractivity contribution >= 4 is 46.0 Å². The third-order valence-electron chi connectivity index (χ3n) is 3.38. The second-order valence-corrected chi connectivity index (χ2v) is 6.35. The lowest BCUT2D eigenvalue weighted by Crippen LogP contribution is -2.26. The second kappa shape index (κ2) is 6.54. The van der Waals surface area contributed by atoms with E-state index in [1.54, 1.807) is 30.3 Å². The Morgan fingerprint density at radius 3 is 2.71 bits per heavy atom. The second-order valence-electron chi connectivity index (χ2n) is 4.97. The number of thioether (sulfide) groups is 1. The summed E-state index contributed by atoms with van der Waals surface area (Å²) in [6.07, 6.45) is 1.76. The van der Waals surface area contributed by atoms with Gasteiger partial charge in [0.1, 0.15) is 10.7 Å². The van der Waals surface area contributed by atoms with Crippen molar-refractivity contribution in [1.29, 1.82) is 0 Å². The smallest absolute Gasteiger partial charge is 0.296 e. The van der Waals surface area contributed by atoms with Gasteiger partial charge in [0.2, 0.25) is 0 Å². The van der Waals surface area contributed by atoms with Crippen LogP contribution >= 0.6 is 24.0 Å². The van der Waals surface area contributed by atoms with Crippen LogP contribution in [0.15, 0.2) is 47.4 Å². The Morgan fingerprint density at radius 2 is 2.00 bits per heavy atom. The average molecular weight is 359 g/mol. The molecule has 0 bridgehead atoms. The van der Waals surface area contributed by atoms with Crippen molar-refractivity contribution in [3.8, 4) is 17.2 Å². The van der Waals surface area contributed by atoms with E-state index in [9.17, 15) is 15.0 Å². The SMILES string of the molecule is COc1cc(C=C2SC(=O)N(c3cccc(O)c3)C2=S)ccc1O. The summed E-state index contributed by atoms with van der Waals surface area (Å²) in [5.74, 6) is 0.446. The lowest BCUT2D eigenvalue weighted by molar-refractivity contribution is 0.268. The maximum atomic E-state index is 12.3. The van der Waals surface area contributed by atoms with E-state index in [0.29, 0.717) is 21.3 Å². The zero-order chi connectivity index (χ0) is 17.3. The van der Waals surface area contributed by atoms with Gasteiger partial charge in [-0.25, -0.2) is 0 Å². The number of benzene rings is 2. The van der Waals surface area contributed by atoms with Crippen molar-refractivity contribution in [3.05, 3.63) is 52.9 Å². The molecular formula is C17H13NO4S2. The van der Waals surface area contributed by atoms with Crippen LogP contribution in [0.4, 0.5) is 10.5 Å². The Hall–Kier alpha value is -2.51. The average Bonchev–Trinajstić information content (AvgIpc) is 2.83. The molecule has 2 N–H and O–H groups in total. The molecule has 1 aliphatic heterocycles. The molecule has 0 unspecified atom stereocenters. The number of methoxy groups -OCH3 is 1. The molecule has 0 atom stereocenters. The van der Waals surface area contributed by atoms with Crippen molar-refractivity contribution in [1.82, 2.24) is 0 Å². The number of aromatic hydroxyl groups is 2. The van der Waals surface area contributed by atoms with E-state index in [0.717, 1.165) is 17.3 Å². The number of hydrogen-bond donors (Lipinski definition) is 2. The maximum Gasteiger partial charge on any atom is 0.296 e. The van der Waals surface area contributed by atoms with Gasteiger partial charge in [-0.05, 0) is 47.7 Å². The first-order valence-electron chi connectivity index (χ1n) is 6.93. The third kappa shape index (κ3) is 3.08. The first-order valence-corrected chi connectivity index (χ1v) is 8.16. The Morgan fingerprint density at radius 1 is 1.21 bits per heavy atom. The zero-order valence-corrected chi connectivity index (χ0v) is 14.2. The predicted octanol–water partition coefficient (Wildman–Crippen LogP) is 4.15. The maximum absolute atomic E-state index is 12.3. The number of rotatable bonds is 3. The summed E-state index contributed by atoms with van der Waals surface area (Å²) in [5.41, 5.74) is 1.27. The van der Waals surface area contributed by atoms with E-state index in [2.05, 4.69) is 0 Å². The zero-order valence-electron chi connectivity index (χ0n) is 12.6. The van der Waals surface area contributed by atoms with Crippen LogP contribution in [0.1, 0.15) is 5.56 Å². The molecule has 0 spiro atoms. The number of phenolic OH excluding ortho intramolecular Hbond substituents is 2. The van der Waals surface area contributed by atoms with Crippen LogP contribution < -0.4 is 9.64 Å². The number of thiocarbonyl (C=S) groups is 1. The van der Waals surface area contributed by atoms with Gasteiger partial charge in [-0.1, -0.05) is 24.4 Å². The summed E-state index contributed by atoms with van der Waals surface area (Å²) in [6, 6.07) is 11.2. The molecule has 3 rings (SSSR count). The number of hydrogen-bond acceptors (Lipinski definition) is 6. The molecule has 0 radical (unpaired) electrons. The van der Waals surface area contributed by atoms with Gasteiger partial charge in [-0.15, -0.1) is 0 Å². The minimum absolute atomic E-state index is 0.0405. The molecule has 1 amide bonds. The van der Waals surface area contributed by atoms with Gasteiger partial charge < -0.3 is 14.9 Å². The highest BCUT2D eigenvalue weighted by Crippen LogP contribution is 2.38. The van der Waals surface area contributed by atoms with Gasteiger partial charge in [0.25, 0.3) is 5.24 Å². The number of carbonyl (C=O) groups is 1. The molecule has 1 aliphatic rings. The fourth-order valence-electron chi connectivity index (χ4n) is 2.26. The van der Waals surface area contributed by atoms with Crippen LogP contribution in [-0.4, -0.2) is 27.6 Å². The molecule has 1 heterocycles. The van der Waals surface area contributed by atoms with Crippen molar-refractivity contribution in [3.63, 3.8) is 0 Å². The Balaban J connectivity index is 1.94. The fourth-order valence-corrected chi connectivity index (χ4v) is 3.54. The number of carbonyl (C=O) groups excluding carboxylic acids is 1. The molecule has 0 aliphatic carbocycles. The summed E-state index contributed by atoms with van der Waals surface area (Å²) in [6.45, 7) is 0. The van der Waals surface area contributed by atoms with Crippen LogP contribution in [0.25, 0.3) is 6.08 Å². The van der Waals surface area contributed by atoms with E-state index in [-0.39, 0.29) is 16.7 Å². The van der Waals surface area contributed by atoms with Gasteiger partial charge in [0.15, 0.2) is 11.5 Å². The van der Waals surface area contributed by atoms with Gasteiger partial charge in [-0.3, -0.25) is 9.69 Å². The first kappa shape index (κ1) is 16.4. The highest BCUT2D eigenvalue weighted by Gasteiger charge is 2.33. The van der Waals surface area contributed by atoms with E-state index in [4.69, 9.17) is 17.0 Å². The number of amides is 1. The molecule has 7 heteroatoms. The fraction of sp³-hybridized carbons (Fsp3) is 0.0588. The van der Waals surface area contributed by atoms with E-state index >= 15 is 0 Å². The summed E-state index contributed by atoms with van der Waals surface area (Å²) >= 11 is 6.42. The standard InChI is InChI=1S/C17H13NO4S2/c1-22-14-7-10(5-6-13(14)20)8-15-16(23)18(17(21)24-15)11-3-2-4-12(19)9-11/h2-9,19-20H,1H3. The Kier molecular flexibility index (Phi) is 4.46. The van der Waals surface area contributed by atoms with Gasteiger partial charge >= 0.3 is 0 Å². The van der Waals surface area contributed by atoms with E-state index in [1.807, 2.05) is 0 Å². The lowest BCUT2D eigenvalue weighted by Gasteiger charge is -2.14. The van der Waals surface area contributed by atoms with Crippen molar-refractivity contribution in [2.75, 3.05) is 12.0 Å². The largest absolute Gasteiger partial charge is 0.508 e. The highest BCUT2D eigenvalue weighted by molar-refractivity contribution is 8.20. The van der Waals surface area contributed by atoms with Crippen LogP contribution in [0.5, 0.6) is 17.2 Å². The molecule has 0 aromatic heterocycles. The molecule has 2 aromatic rings. The van der Waals surface area contributed by atoms with Crippen molar-refractivity contribution in [2.24, 2.45) is 0 Å². The Labute approximate surface area is 148 Å². The minimum atomic E-state index is -0.234. The minimum Gasteiger partial charge on any atom is -0.508 e.